The molecule has 394 valence electrons. The molecule has 5 aliphatic rings. The van der Waals surface area contributed by atoms with Crippen molar-refractivity contribution in [3.63, 3.8) is 0 Å². The van der Waals surface area contributed by atoms with Gasteiger partial charge in [-0.25, -0.2) is 4.79 Å². The zero-order chi connectivity index (χ0) is 50.7. The molecule has 0 unspecified atom stereocenters. The highest BCUT2D eigenvalue weighted by molar-refractivity contribution is 5.76. The quantitative estimate of drug-likeness (QED) is 0.0606. The zero-order valence-corrected chi connectivity index (χ0v) is 36.2. The summed E-state index contributed by atoms with van der Waals surface area (Å²) < 4.78 is 50.7. The average Bonchev–Trinajstić information content (AvgIpc) is 3.29. The minimum atomic E-state index is -3.19. The van der Waals surface area contributed by atoms with Crippen LogP contribution in [0.25, 0.3) is 0 Å². The number of carbonyl (C=O) groups excluding carboxylic acids is 2. The van der Waals surface area contributed by atoms with Gasteiger partial charge in [0.05, 0.1) is 45.2 Å². The third-order valence-electron chi connectivity index (χ3n) is 12.1. The lowest BCUT2D eigenvalue weighted by atomic mass is 9.88. The van der Waals surface area contributed by atoms with Crippen molar-refractivity contribution < 1.29 is 144 Å². The lowest BCUT2D eigenvalue weighted by Gasteiger charge is -2.51. The molecule has 2 amide bonds. The Morgan fingerprint density at radius 1 is 0.574 bits per heavy atom. The fourth-order valence-electron chi connectivity index (χ4n) is 8.53. The number of rotatable bonds is 18. The van der Waals surface area contributed by atoms with Gasteiger partial charge in [-0.2, -0.15) is 0 Å². The van der Waals surface area contributed by atoms with Crippen molar-refractivity contribution >= 4 is 17.8 Å². The van der Waals surface area contributed by atoms with E-state index in [0.717, 1.165) is 13.8 Å². The molecule has 5 fully saturated rings. The van der Waals surface area contributed by atoms with Crippen molar-refractivity contribution in [2.24, 2.45) is 0 Å². The van der Waals surface area contributed by atoms with Crippen molar-refractivity contribution in [3.8, 4) is 0 Å². The van der Waals surface area contributed by atoms with Crippen LogP contribution in [0, 0.1) is 0 Å². The van der Waals surface area contributed by atoms with Crippen molar-refractivity contribution in [2.45, 2.75) is 179 Å². The number of hydrogen-bond donors (Lipinski definition) is 19. The summed E-state index contributed by atoms with van der Waals surface area (Å²) in [6.45, 7) is -3.28. The second kappa shape index (κ2) is 23.8. The van der Waals surface area contributed by atoms with Crippen LogP contribution >= 0.6 is 0 Å². The molecule has 0 aromatic rings. The Bertz CT molecular complexity index is 1660. The predicted octanol–water partition coefficient (Wildman–Crippen LogP) is -12.4. The molecule has 0 spiro atoms. The molecule has 0 saturated carbocycles. The first-order valence-electron chi connectivity index (χ1n) is 21.2. The monoisotopic (exact) mass is 998 g/mol. The molecule has 31 heteroatoms. The Balaban J connectivity index is 1.45. The van der Waals surface area contributed by atoms with Crippen molar-refractivity contribution in [1.82, 2.24) is 10.6 Å². The first kappa shape index (κ1) is 56.3. The van der Waals surface area contributed by atoms with Gasteiger partial charge in [0.2, 0.25) is 11.8 Å². The predicted molar refractivity (Wildman–Crippen MR) is 207 cm³/mol. The third kappa shape index (κ3) is 11.8. The molecule has 0 aromatic heterocycles. The van der Waals surface area contributed by atoms with Gasteiger partial charge in [-0.05, 0) is 0 Å². The zero-order valence-electron chi connectivity index (χ0n) is 36.2. The van der Waals surface area contributed by atoms with E-state index in [1.54, 1.807) is 0 Å². The van der Waals surface area contributed by atoms with Gasteiger partial charge in [-0.3, -0.25) is 9.59 Å². The number of aliphatic carboxylic acids is 1. The van der Waals surface area contributed by atoms with E-state index in [1.165, 1.54) is 0 Å². The minimum absolute atomic E-state index is 0.818. The molecule has 26 atom stereocenters. The van der Waals surface area contributed by atoms with E-state index < -0.39 is 216 Å². The Kier molecular flexibility index (Phi) is 19.7. The molecule has 0 aromatic carbocycles. The number of carbonyl (C=O) groups is 3. The standard InChI is InChI=1S/C37H62N2O29/c1-9(45)38-17-11(47)3-37(36(58)59,67-29(17)19(49)12(48)4-40)68-31-22(52)15(7-43)63-35(26(31)56)65-28-18(39-10(2)46)33(61-13(5-41)20(28)50)66-30-21(51)14(6-42)62-34(25(30)55)64-27-16(8-44)60-32(57)24(54)23(27)53/h11-35,40-44,47-57H,3-8H2,1-2H3,(H,38,45)(H,39,46)(H,58,59)/t11-,12+,13+,14+,15+,16+,17+,18+,19+,20+,21-,22-,23+,24+,25+,26+,27+,28+,29+,30-,31-,32+,33-,34-,35-,37+/m0/s1. The van der Waals surface area contributed by atoms with Gasteiger partial charge in [0.1, 0.15) is 116 Å². The highest BCUT2D eigenvalue weighted by Gasteiger charge is 2.61. The smallest absolute Gasteiger partial charge is 0.364 e. The van der Waals surface area contributed by atoms with Crippen molar-refractivity contribution in [2.75, 3.05) is 33.0 Å². The summed E-state index contributed by atoms with van der Waals surface area (Å²) in [6, 6.07) is -3.51. The molecule has 0 aliphatic carbocycles. The van der Waals surface area contributed by atoms with Crippen molar-refractivity contribution in [3.05, 3.63) is 0 Å². The molecule has 5 aliphatic heterocycles. The fourth-order valence-corrected chi connectivity index (χ4v) is 8.53. The first-order valence-corrected chi connectivity index (χ1v) is 21.2. The highest BCUT2D eigenvalue weighted by atomic mass is 16.8. The van der Waals surface area contributed by atoms with Crippen LogP contribution in [-0.2, 0) is 57.0 Å². The molecule has 5 saturated heterocycles. The van der Waals surface area contributed by atoms with Gasteiger partial charge in [-0.1, -0.05) is 0 Å². The number of ether oxygens (including phenoxy) is 9. The van der Waals surface area contributed by atoms with Gasteiger partial charge >= 0.3 is 5.97 Å². The van der Waals surface area contributed by atoms with Crippen LogP contribution in [0.1, 0.15) is 20.3 Å². The number of aliphatic hydroxyl groups is 16. The molecular weight excluding hydrogens is 936 g/mol. The Morgan fingerprint density at radius 3 is 1.53 bits per heavy atom. The van der Waals surface area contributed by atoms with E-state index in [0.29, 0.717) is 0 Å². The van der Waals surface area contributed by atoms with E-state index in [1.807, 2.05) is 0 Å². The van der Waals surface area contributed by atoms with Crippen LogP contribution in [0.3, 0.4) is 0 Å². The summed E-state index contributed by atoms with van der Waals surface area (Å²) in [6.07, 6.45) is -47.6. The maximum Gasteiger partial charge on any atom is 0.364 e. The molecule has 5 heterocycles. The van der Waals surface area contributed by atoms with Crippen LogP contribution in [0.4, 0.5) is 0 Å². The number of aliphatic hydroxyl groups excluding tert-OH is 16. The second-order valence-electron chi connectivity index (χ2n) is 16.8. The molecule has 19 N–H and O–H groups in total. The molecule has 5 rings (SSSR count). The molecular formula is C37H62N2O29. The third-order valence-corrected chi connectivity index (χ3v) is 12.1. The van der Waals surface area contributed by atoms with Gasteiger partial charge in [-0.15, -0.1) is 0 Å². The summed E-state index contributed by atoms with van der Waals surface area (Å²) in [5.41, 5.74) is 0. The summed E-state index contributed by atoms with van der Waals surface area (Å²) in [7, 11) is 0. The number of amides is 2. The average molecular weight is 999 g/mol. The second-order valence-corrected chi connectivity index (χ2v) is 16.8. The Labute approximate surface area is 384 Å². The maximum atomic E-state index is 13.0. The molecule has 31 nitrogen and oxygen atoms in total. The van der Waals surface area contributed by atoms with E-state index >= 15 is 0 Å². The van der Waals surface area contributed by atoms with E-state index in [2.05, 4.69) is 10.6 Å². The topological polar surface area (TPSA) is 502 Å². The number of nitrogens with one attached hydrogen (secondary N) is 2. The summed E-state index contributed by atoms with van der Waals surface area (Å²) in [5, 5.41) is 185. The number of hydrogen-bond acceptors (Lipinski definition) is 28. The van der Waals surface area contributed by atoms with Crippen molar-refractivity contribution in [1.29, 1.82) is 0 Å². The van der Waals surface area contributed by atoms with Crippen LogP contribution in [0.2, 0.25) is 0 Å². The van der Waals surface area contributed by atoms with Gasteiger partial charge in [0, 0.05) is 20.3 Å². The van der Waals surface area contributed by atoms with E-state index in [4.69, 9.17) is 42.6 Å². The minimum Gasteiger partial charge on any atom is -0.477 e. The fraction of sp³-hybridized carbons (Fsp3) is 0.919. The van der Waals surface area contributed by atoms with Gasteiger partial charge < -0.3 is 140 Å². The normalized spacial score (nSPS) is 46.6. The largest absolute Gasteiger partial charge is 0.477 e. The van der Waals surface area contributed by atoms with Gasteiger partial charge in [0.15, 0.2) is 25.2 Å². The number of carboxylic acids is 1. The maximum absolute atomic E-state index is 13.0. The molecule has 0 bridgehead atoms. The van der Waals surface area contributed by atoms with Crippen LogP contribution in [0.15, 0.2) is 0 Å². The molecule has 68 heavy (non-hydrogen) atoms. The highest BCUT2D eigenvalue weighted by Crippen LogP contribution is 2.39. The summed E-state index contributed by atoms with van der Waals surface area (Å²) in [5.74, 6) is -6.99. The molecule has 0 radical (unpaired) electrons. The lowest BCUT2D eigenvalue weighted by molar-refractivity contribution is -0.389. The lowest BCUT2D eigenvalue weighted by Crippen LogP contribution is -2.71. The van der Waals surface area contributed by atoms with Crippen LogP contribution < -0.4 is 10.6 Å². The van der Waals surface area contributed by atoms with E-state index in [9.17, 15) is 101 Å². The summed E-state index contributed by atoms with van der Waals surface area (Å²) >= 11 is 0. The van der Waals surface area contributed by atoms with Crippen LogP contribution in [-0.4, -0.2) is 297 Å². The van der Waals surface area contributed by atoms with E-state index in [-0.39, 0.29) is 0 Å². The summed E-state index contributed by atoms with van der Waals surface area (Å²) in [4.78, 5) is 37.7. The Hall–Kier alpha value is -2.59. The SMILES string of the molecule is CC(=O)N[C@H]1[C@H](O[C@H]2[C@@H](O)[C@@H](CO)O[C@@H](O[C@H]3[C@H](O)[C@@H](O)[C@H](O)O[C@@H]3CO)[C@@H]2O)O[C@H](CO)[C@@H](O)[C@@H]1O[C@@H]1O[C@H](CO)[C@H](O)[C@H](O[C@@]2(C(=O)O)C[C@H](O)[C@@H](NC(C)=O)[C@H]([C@H](O)[C@H](O)CO)O2)[C@H]1O. The van der Waals surface area contributed by atoms with Crippen LogP contribution in [0.5, 0.6) is 0 Å². The van der Waals surface area contributed by atoms with Gasteiger partial charge in [0.25, 0.3) is 5.79 Å². The Morgan fingerprint density at radius 2 is 1.03 bits per heavy atom. The first-order chi connectivity index (χ1) is 32.0. The number of carboxylic acid groups (broad SMARTS) is 1.